The zero-order valence-electron chi connectivity index (χ0n) is 7.17. The number of carbonyl (C=O) groups excluding carboxylic acids is 1. The molecule has 0 saturated carbocycles. The van der Waals surface area contributed by atoms with Gasteiger partial charge in [0.2, 0.25) is 0 Å². The molecule has 0 aromatic heterocycles. The van der Waals surface area contributed by atoms with Gasteiger partial charge in [-0.1, -0.05) is 0 Å². The summed E-state index contributed by atoms with van der Waals surface area (Å²) in [7, 11) is 0. The summed E-state index contributed by atoms with van der Waals surface area (Å²) in [4.78, 5) is 20.4. The highest BCUT2D eigenvalue weighted by molar-refractivity contribution is 5.75. The van der Waals surface area contributed by atoms with E-state index >= 15 is 0 Å². The van der Waals surface area contributed by atoms with Crippen molar-refractivity contribution in [3.05, 3.63) is 39.9 Å². The van der Waals surface area contributed by atoms with Gasteiger partial charge in [-0.05, 0) is 17.7 Å². The van der Waals surface area contributed by atoms with Crippen LogP contribution in [0.3, 0.4) is 0 Å². The number of carbonyl (C=O) groups is 1. The molecule has 1 heterocycles. The van der Waals surface area contributed by atoms with E-state index in [1.807, 2.05) is 0 Å². The summed E-state index contributed by atoms with van der Waals surface area (Å²) in [5.41, 5.74) is 0.842. The second-order valence-electron chi connectivity index (χ2n) is 3.03. The quantitative estimate of drug-likeness (QED) is 0.406. The van der Waals surface area contributed by atoms with Gasteiger partial charge in [0, 0.05) is 12.1 Å². The van der Waals surface area contributed by atoms with Crippen LogP contribution in [0.5, 0.6) is 0 Å². The van der Waals surface area contributed by atoms with Crippen LogP contribution in [0.15, 0.2) is 24.3 Å². The number of hydrogen-bond acceptors (Lipinski definition) is 4. The van der Waals surface area contributed by atoms with Crippen molar-refractivity contribution in [2.45, 2.75) is 12.5 Å². The van der Waals surface area contributed by atoms with E-state index in [2.05, 4.69) is 0 Å². The molecule has 14 heavy (non-hydrogen) atoms. The predicted octanol–water partition coefficient (Wildman–Crippen LogP) is 1.58. The second kappa shape index (κ2) is 3.10. The number of esters is 1. The molecule has 0 spiro atoms. The maximum absolute atomic E-state index is 10.5. The maximum Gasteiger partial charge on any atom is 0.310 e. The minimum atomic E-state index is -0.462. The average molecular weight is 193 g/mol. The Balaban J connectivity index is 2.14. The molecule has 0 aliphatic carbocycles. The van der Waals surface area contributed by atoms with Crippen molar-refractivity contribution in [3.8, 4) is 0 Å². The number of cyclic esters (lactones) is 1. The van der Waals surface area contributed by atoms with Crippen molar-refractivity contribution < 1.29 is 14.5 Å². The fourth-order valence-electron chi connectivity index (χ4n) is 1.30. The second-order valence-corrected chi connectivity index (χ2v) is 3.03. The van der Waals surface area contributed by atoms with Crippen molar-refractivity contribution in [1.29, 1.82) is 0 Å². The van der Waals surface area contributed by atoms with Gasteiger partial charge in [-0.25, -0.2) is 0 Å². The summed E-state index contributed by atoms with van der Waals surface area (Å²) in [6, 6.07) is 6.02. The summed E-state index contributed by atoms with van der Waals surface area (Å²) in [6.07, 6.45) is 0.140. The van der Waals surface area contributed by atoms with E-state index in [-0.39, 0.29) is 17.8 Å². The molecule has 0 amide bonds. The van der Waals surface area contributed by atoms with Crippen LogP contribution in [-0.4, -0.2) is 10.9 Å². The first-order valence-corrected chi connectivity index (χ1v) is 4.10. The molecule has 1 aromatic rings. The number of rotatable bonds is 2. The molecular formula is C9H7NO4. The van der Waals surface area contributed by atoms with Gasteiger partial charge in [0.25, 0.3) is 5.69 Å². The van der Waals surface area contributed by atoms with Crippen LogP contribution in [0, 0.1) is 10.1 Å². The van der Waals surface area contributed by atoms with Gasteiger partial charge in [0.1, 0.15) is 6.10 Å². The molecule has 0 N–H and O–H groups in total. The molecule has 1 unspecified atom stereocenters. The summed E-state index contributed by atoms with van der Waals surface area (Å²) >= 11 is 0. The minimum Gasteiger partial charge on any atom is -0.457 e. The lowest BCUT2D eigenvalue weighted by Crippen LogP contribution is -2.24. The third-order valence-electron chi connectivity index (χ3n) is 2.10. The molecule has 2 rings (SSSR count). The highest BCUT2D eigenvalue weighted by atomic mass is 16.6. The molecule has 1 aliphatic heterocycles. The topological polar surface area (TPSA) is 69.4 Å². The highest BCUT2D eigenvalue weighted by Gasteiger charge is 2.29. The monoisotopic (exact) mass is 193 g/mol. The van der Waals surface area contributed by atoms with Gasteiger partial charge in [-0.15, -0.1) is 0 Å². The van der Waals surface area contributed by atoms with E-state index in [4.69, 9.17) is 4.74 Å². The van der Waals surface area contributed by atoms with Gasteiger partial charge in [-0.2, -0.15) is 0 Å². The van der Waals surface area contributed by atoms with Crippen LogP contribution in [0.2, 0.25) is 0 Å². The van der Waals surface area contributed by atoms with E-state index < -0.39 is 4.92 Å². The lowest BCUT2D eigenvalue weighted by atomic mass is 10.0. The smallest absolute Gasteiger partial charge is 0.310 e. The fraction of sp³-hybridized carbons (Fsp3) is 0.222. The normalized spacial score (nSPS) is 19.7. The van der Waals surface area contributed by atoms with Crippen LogP contribution < -0.4 is 0 Å². The van der Waals surface area contributed by atoms with Crippen LogP contribution in [-0.2, 0) is 9.53 Å². The van der Waals surface area contributed by atoms with Crippen molar-refractivity contribution in [2.75, 3.05) is 0 Å². The Morgan fingerprint density at radius 2 is 1.93 bits per heavy atom. The number of ether oxygens (including phenoxy) is 1. The van der Waals surface area contributed by atoms with E-state index in [0.717, 1.165) is 5.56 Å². The summed E-state index contributed by atoms with van der Waals surface area (Å²) < 4.78 is 4.82. The molecule has 1 fully saturated rings. The number of hydrogen-bond donors (Lipinski definition) is 0. The zero-order chi connectivity index (χ0) is 10.1. The van der Waals surface area contributed by atoms with Gasteiger partial charge in [-0.3, -0.25) is 14.9 Å². The Bertz CT molecular complexity index is 376. The first kappa shape index (κ1) is 8.68. The van der Waals surface area contributed by atoms with Crippen molar-refractivity contribution in [2.24, 2.45) is 0 Å². The fourth-order valence-corrected chi connectivity index (χ4v) is 1.30. The van der Waals surface area contributed by atoms with Crippen LogP contribution in [0.25, 0.3) is 0 Å². The molecule has 1 aliphatic rings. The predicted molar refractivity (Wildman–Crippen MR) is 46.5 cm³/mol. The standard InChI is InChI=1S/C9H7NO4/c11-9-5-8(14-9)6-1-3-7(4-2-6)10(12)13/h1-4,8H,5H2. The number of benzene rings is 1. The van der Waals surface area contributed by atoms with E-state index in [9.17, 15) is 14.9 Å². The van der Waals surface area contributed by atoms with Crippen LogP contribution in [0.1, 0.15) is 18.1 Å². The van der Waals surface area contributed by atoms with Crippen LogP contribution in [0.4, 0.5) is 5.69 Å². The Morgan fingerprint density at radius 3 is 2.36 bits per heavy atom. The van der Waals surface area contributed by atoms with Crippen LogP contribution >= 0.6 is 0 Å². The third kappa shape index (κ3) is 1.44. The van der Waals surface area contributed by atoms with Gasteiger partial charge < -0.3 is 4.74 Å². The van der Waals surface area contributed by atoms with Crippen molar-refractivity contribution in [3.63, 3.8) is 0 Å². The van der Waals surface area contributed by atoms with E-state index in [1.165, 1.54) is 12.1 Å². The Kier molecular flexibility index (Phi) is 1.92. The average Bonchev–Trinajstić information content (AvgIpc) is 2.13. The maximum atomic E-state index is 10.5. The van der Waals surface area contributed by atoms with Gasteiger partial charge in [0.15, 0.2) is 0 Å². The SMILES string of the molecule is O=C1CC(c2ccc([N+](=O)[O-])cc2)O1. The van der Waals surface area contributed by atoms with Gasteiger partial charge >= 0.3 is 5.97 Å². The Morgan fingerprint density at radius 1 is 1.36 bits per heavy atom. The number of nitrogens with zero attached hydrogens (tertiary/aromatic N) is 1. The molecule has 1 aromatic carbocycles. The molecule has 72 valence electrons. The minimum absolute atomic E-state index is 0.0411. The van der Waals surface area contributed by atoms with Crippen molar-refractivity contribution in [1.82, 2.24) is 0 Å². The van der Waals surface area contributed by atoms with Gasteiger partial charge in [0.05, 0.1) is 11.3 Å². The zero-order valence-corrected chi connectivity index (χ0v) is 7.17. The number of nitro benzene ring substituents is 1. The lowest BCUT2D eigenvalue weighted by molar-refractivity contribution is -0.384. The Hall–Kier alpha value is -1.91. The molecule has 0 radical (unpaired) electrons. The highest BCUT2D eigenvalue weighted by Crippen LogP contribution is 2.31. The number of nitro groups is 1. The third-order valence-corrected chi connectivity index (χ3v) is 2.10. The molecular weight excluding hydrogens is 186 g/mol. The molecule has 5 heteroatoms. The molecule has 5 nitrogen and oxygen atoms in total. The summed E-state index contributed by atoms with van der Waals surface area (Å²) in [6.45, 7) is 0. The largest absolute Gasteiger partial charge is 0.457 e. The summed E-state index contributed by atoms with van der Waals surface area (Å²) in [5.74, 6) is -0.228. The van der Waals surface area contributed by atoms with E-state index in [1.54, 1.807) is 12.1 Å². The molecule has 1 saturated heterocycles. The number of non-ortho nitro benzene ring substituents is 1. The molecule has 0 bridgehead atoms. The lowest BCUT2D eigenvalue weighted by Gasteiger charge is -2.25. The first-order valence-electron chi connectivity index (χ1n) is 4.10. The first-order chi connectivity index (χ1) is 6.66. The molecule has 1 atom stereocenters. The summed E-state index contributed by atoms with van der Waals surface area (Å²) in [5, 5.41) is 10.3. The van der Waals surface area contributed by atoms with E-state index in [0.29, 0.717) is 6.42 Å². The Labute approximate surface area is 79.4 Å². The van der Waals surface area contributed by atoms with Crippen molar-refractivity contribution >= 4 is 11.7 Å².